The van der Waals surface area contributed by atoms with Crippen molar-refractivity contribution in [3.8, 4) is 57.4 Å². The molecule has 0 bridgehead atoms. The molecule has 0 saturated heterocycles. The number of alkyl halides is 3. The molecule has 0 aliphatic carbocycles. The van der Waals surface area contributed by atoms with Crippen molar-refractivity contribution in [3.05, 3.63) is 314 Å². The Labute approximate surface area is 556 Å². The van der Waals surface area contributed by atoms with E-state index in [0.29, 0.717) is 22.5 Å². The largest absolute Gasteiger partial charge is 0.416 e. The van der Waals surface area contributed by atoms with E-state index >= 15 is 13.2 Å². The molecule has 458 valence electrons. The number of nitriles is 2. The first kappa shape index (κ1) is 55.1. The third-order valence-corrected chi connectivity index (χ3v) is 20.3. The van der Waals surface area contributed by atoms with E-state index in [1.807, 2.05) is 12.1 Å². The van der Waals surface area contributed by atoms with Crippen LogP contribution in [0.5, 0.6) is 0 Å². The molecule has 98 heavy (non-hydrogen) atoms. The molecule has 8 nitrogen and oxygen atoms in total. The maximum absolute atomic E-state index is 15.1. The predicted molar refractivity (Wildman–Crippen MR) is 392 cm³/mol. The number of hydrogen-bond acceptors (Lipinski definition) is 2. The average Bonchev–Trinajstić information content (AvgIpc) is 1.64. The summed E-state index contributed by atoms with van der Waals surface area (Å²) in [6.45, 7) is 0. The zero-order valence-electron chi connectivity index (χ0n) is 52.0. The summed E-state index contributed by atoms with van der Waals surface area (Å²) in [5.41, 5.74) is 15.9. The molecule has 20 rings (SSSR count). The predicted octanol–water partition coefficient (Wildman–Crippen LogP) is 22.7. The third kappa shape index (κ3) is 7.81. The molecular weight excluding hydrogens is 1210 g/mol. The van der Waals surface area contributed by atoms with E-state index in [2.05, 4.69) is 306 Å². The lowest BCUT2D eigenvalue weighted by Crippen LogP contribution is -2.08. The quantitative estimate of drug-likeness (QED) is 0.159. The van der Waals surface area contributed by atoms with Gasteiger partial charge in [-0.2, -0.15) is 23.7 Å². The van der Waals surface area contributed by atoms with Crippen LogP contribution in [0, 0.1) is 22.7 Å². The van der Waals surface area contributed by atoms with E-state index in [4.69, 9.17) is 0 Å². The smallest absolute Gasteiger partial charge is 0.309 e. The number of para-hydroxylation sites is 8. The van der Waals surface area contributed by atoms with Crippen molar-refractivity contribution in [3.63, 3.8) is 0 Å². The van der Waals surface area contributed by atoms with E-state index in [0.717, 1.165) is 166 Å². The minimum Gasteiger partial charge on any atom is -0.309 e. The van der Waals surface area contributed by atoms with Crippen LogP contribution in [-0.2, 0) is 6.18 Å². The summed E-state index contributed by atoms with van der Waals surface area (Å²) in [5, 5.41) is 35.5. The Morgan fingerprint density at radius 1 is 0.245 bits per heavy atom. The molecule has 6 aromatic heterocycles. The Morgan fingerprint density at radius 3 is 0.745 bits per heavy atom. The van der Waals surface area contributed by atoms with Gasteiger partial charge >= 0.3 is 6.18 Å². The monoisotopic (exact) mass is 1260 g/mol. The van der Waals surface area contributed by atoms with Crippen LogP contribution in [0.1, 0.15) is 16.7 Å². The molecule has 14 aromatic carbocycles. The minimum absolute atomic E-state index is 0.182. The van der Waals surface area contributed by atoms with Crippen LogP contribution in [0.2, 0.25) is 0 Å². The summed E-state index contributed by atoms with van der Waals surface area (Å²) in [6, 6.07) is 105. The molecule has 11 heteroatoms. The van der Waals surface area contributed by atoms with Crippen LogP contribution in [0.15, 0.2) is 297 Å². The summed E-state index contributed by atoms with van der Waals surface area (Å²) in [4.78, 5) is 0. The van der Waals surface area contributed by atoms with Crippen molar-refractivity contribution < 1.29 is 13.2 Å². The normalized spacial score (nSPS) is 12.2. The number of fused-ring (bicyclic) bond motifs is 18. The van der Waals surface area contributed by atoms with Crippen LogP contribution in [-0.4, -0.2) is 27.4 Å². The van der Waals surface area contributed by atoms with Gasteiger partial charge in [0.05, 0.1) is 106 Å². The first-order valence-electron chi connectivity index (χ1n) is 32.5. The number of hydrogen-bond donors (Lipinski definition) is 0. The van der Waals surface area contributed by atoms with Crippen molar-refractivity contribution in [1.29, 1.82) is 10.5 Å². The molecule has 0 spiro atoms. The van der Waals surface area contributed by atoms with Crippen LogP contribution in [0.25, 0.3) is 176 Å². The van der Waals surface area contributed by atoms with E-state index < -0.39 is 11.7 Å². The van der Waals surface area contributed by atoms with Crippen molar-refractivity contribution >= 4 is 131 Å². The second-order valence-corrected chi connectivity index (χ2v) is 25.3. The molecule has 0 aliphatic heterocycles. The number of halogens is 3. The Kier molecular flexibility index (Phi) is 11.6. The number of rotatable bonds is 7. The van der Waals surface area contributed by atoms with Gasteiger partial charge in [0.25, 0.3) is 0 Å². The van der Waals surface area contributed by atoms with Gasteiger partial charge in [0, 0.05) is 98.5 Å². The summed E-state index contributed by atoms with van der Waals surface area (Å²) in [5.74, 6) is 0. The first-order chi connectivity index (χ1) is 48.2. The van der Waals surface area contributed by atoms with Gasteiger partial charge < -0.3 is 27.4 Å². The fraction of sp³-hybridized carbons (Fsp3) is 0.0115. The maximum atomic E-state index is 15.1. The third-order valence-electron chi connectivity index (χ3n) is 20.3. The maximum Gasteiger partial charge on any atom is 0.416 e. The Bertz CT molecular complexity index is 6040. The van der Waals surface area contributed by atoms with Gasteiger partial charge in [-0.1, -0.05) is 152 Å². The SMILES string of the molecule is N#Cc1cc(-n2c3ccc(-n4c5ccccc5c5ccccc54)cc3c3cc(-n4c5ccccc5c5ccccc54)ccc32)c(-c2ccc(C(F)(F)F)cc2C#N)c(-n2c3ccc(-n4c5ccccc5c5ccccc54)cc3c3cc(-n4c5ccccc5c5ccccc54)ccc32)c1. The molecule has 0 amide bonds. The van der Waals surface area contributed by atoms with Gasteiger partial charge in [0.15, 0.2) is 0 Å². The van der Waals surface area contributed by atoms with Crippen LogP contribution in [0.3, 0.4) is 0 Å². The summed E-state index contributed by atoms with van der Waals surface area (Å²) < 4.78 is 58.8. The Balaban J connectivity index is 0.920. The second kappa shape index (κ2) is 20.6. The molecule has 0 saturated carbocycles. The van der Waals surface area contributed by atoms with Crippen molar-refractivity contribution in [2.75, 3.05) is 0 Å². The van der Waals surface area contributed by atoms with E-state index in [1.54, 1.807) is 0 Å². The van der Waals surface area contributed by atoms with Gasteiger partial charge in [0.1, 0.15) is 0 Å². The standard InChI is InChI=1S/C87H49F3N8/c88-87(89,90)54-33-38-59(53(45-54)51-92)86-84(97-80-39-34-55(93-72-25-9-1-17-60(72)61-18-2-10-26-73(61)93)46-68(80)69-47-56(35-40-81(69)97)94-74-27-11-3-19-62(74)63-20-4-12-28-75(63)94)43-52(50-91)44-85(86)98-82-41-36-57(95-76-29-13-5-21-64(76)65-22-6-14-30-77(65)95)48-70(82)71-49-58(37-42-83(71)98)96-78-31-15-7-23-66(78)67-24-8-16-32-79(67)96/h1-49H. The molecule has 0 fully saturated rings. The Hall–Kier alpha value is -13.4. The van der Waals surface area contributed by atoms with Gasteiger partial charge in [0.2, 0.25) is 0 Å². The summed E-state index contributed by atoms with van der Waals surface area (Å²) in [7, 11) is 0. The summed E-state index contributed by atoms with van der Waals surface area (Å²) in [6.07, 6.45) is -4.76. The highest BCUT2D eigenvalue weighted by Gasteiger charge is 2.33. The van der Waals surface area contributed by atoms with Gasteiger partial charge in [-0.25, -0.2) is 0 Å². The van der Waals surface area contributed by atoms with E-state index in [-0.39, 0.29) is 11.1 Å². The molecule has 0 atom stereocenters. The average molecular weight is 1260 g/mol. The first-order valence-corrected chi connectivity index (χ1v) is 32.5. The van der Waals surface area contributed by atoms with Crippen molar-refractivity contribution in [2.24, 2.45) is 0 Å². The molecule has 20 aromatic rings. The van der Waals surface area contributed by atoms with Gasteiger partial charge in [-0.05, 0) is 146 Å². The molecule has 0 N–H and O–H groups in total. The van der Waals surface area contributed by atoms with E-state index in [9.17, 15) is 10.5 Å². The summed E-state index contributed by atoms with van der Waals surface area (Å²) >= 11 is 0. The number of benzene rings is 14. The lowest BCUT2D eigenvalue weighted by molar-refractivity contribution is -0.137. The Morgan fingerprint density at radius 2 is 0.500 bits per heavy atom. The molecule has 6 heterocycles. The zero-order chi connectivity index (χ0) is 65.2. The molecular formula is C87H49F3N8. The van der Waals surface area contributed by atoms with Crippen LogP contribution >= 0.6 is 0 Å². The van der Waals surface area contributed by atoms with Crippen molar-refractivity contribution in [2.45, 2.75) is 6.18 Å². The highest BCUT2D eigenvalue weighted by molar-refractivity contribution is 6.18. The number of aromatic nitrogens is 6. The van der Waals surface area contributed by atoms with E-state index in [1.165, 1.54) is 6.07 Å². The van der Waals surface area contributed by atoms with Gasteiger partial charge in [-0.3, -0.25) is 0 Å². The van der Waals surface area contributed by atoms with Crippen LogP contribution < -0.4 is 0 Å². The second-order valence-electron chi connectivity index (χ2n) is 25.3. The molecule has 0 radical (unpaired) electrons. The lowest BCUT2D eigenvalue weighted by Gasteiger charge is -2.22. The highest BCUT2D eigenvalue weighted by Crippen LogP contribution is 2.48. The molecule has 0 unspecified atom stereocenters. The van der Waals surface area contributed by atoms with Gasteiger partial charge in [-0.15, -0.1) is 0 Å². The molecule has 0 aliphatic rings. The van der Waals surface area contributed by atoms with Crippen LogP contribution in [0.4, 0.5) is 13.2 Å². The topological polar surface area (TPSA) is 77.2 Å². The fourth-order valence-corrected chi connectivity index (χ4v) is 16.2. The highest BCUT2D eigenvalue weighted by atomic mass is 19.4. The number of nitrogens with zero attached hydrogens (tertiary/aromatic N) is 8. The minimum atomic E-state index is -4.76. The van der Waals surface area contributed by atoms with Crippen molar-refractivity contribution in [1.82, 2.24) is 27.4 Å². The lowest BCUT2D eigenvalue weighted by atomic mass is 9.93. The zero-order valence-corrected chi connectivity index (χ0v) is 52.0. The fourth-order valence-electron chi connectivity index (χ4n) is 16.2.